The van der Waals surface area contributed by atoms with Crippen LogP contribution in [0.2, 0.25) is 0 Å². The average molecular weight is 352 g/mol. The predicted octanol–water partition coefficient (Wildman–Crippen LogP) is 5.82. The van der Waals surface area contributed by atoms with Crippen LogP contribution in [-0.2, 0) is 11.3 Å². The van der Waals surface area contributed by atoms with E-state index < -0.39 is 0 Å². The molecule has 0 spiro atoms. The number of unbranched alkanes of at least 4 members (excludes halogenated alkanes) is 2. The molecule has 1 aliphatic heterocycles. The van der Waals surface area contributed by atoms with Gasteiger partial charge in [0.15, 0.2) is 0 Å². The van der Waals surface area contributed by atoms with Gasteiger partial charge in [0.25, 0.3) is 0 Å². The maximum atomic E-state index is 5.91. The molecule has 3 rings (SSSR count). The zero-order valence-electron chi connectivity index (χ0n) is 16.0. The lowest BCUT2D eigenvalue weighted by Crippen LogP contribution is -2.20. The van der Waals surface area contributed by atoms with Crippen LogP contribution in [0.1, 0.15) is 50.5 Å². The molecule has 140 valence electrons. The van der Waals surface area contributed by atoms with E-state index >= 15 is 0 Å². The minimum Gasteiger partial charge on any atom is -0.377 e. The van der Waals surface area contributed by atoms with Crippen LogP contribution in [0, 0.1) is 5.92 Å². The Morgan fingerprint density at radius 1 is 0.885 bits per heavy atom. The third-order valence-corrected chi connectivity index (χ3v) is 5.35. The van der Waals surface area contributed by atoms with Crippen molar-refractivity contribution in [1.29, 1.82) is 0 Å². The molecular formula is C24H33NO. The number of nitrogens with one attached hydrogen (secondary N) is 1. The van der Waals surface area contributed by atoms with Gasteiger partial charge in [-0.25, -0.2) is 0 Å². The molecule has 1 aliphatic rings. The number of ether oxygens (including phenoxy) is 1. The largest absolute Gasteiger partial charge is 0.377 e. The van der Waals surface area contributed by atoms with E-state index in [-0.39, 0.29) is 0 Å². The minimum absolute atomic E-state index is 0.715. The van der Waals surface area contributed by atoms with E-state index in [0.717, 1.165) is 12.5 Å². The molecule has 1 saturated heterocycles. The minimum atomic E-state index is 0.715. The van der Waals surface area contributed by atoms with Crippen LogP contribution < -0.4 is 5.32 Å². The van der Waals surface area contributed by atoms with E-state index in [0.29, 0.717) is 6.61 Å². The number of hydrogen-bond acceptors (Lipinski definition) is 2. The third-order valence-electron chi connectivity index (χ3n) is 5.35. The molecule has 0 aliphatic carbocycles. The second kappa shape index (κ2) is 11.2. The first-order chi connectivity index (χ1) is 12.9. The molecule has 1 N–H and O–H groups in total. The van der Waals surface area contributed by atoms with Gasteiger partial charge in [-0.3, -0.25) is 0 Å². The normalized spacial score (nSPS) is 17.8. The lowest BCUT2D eigenvalue weighted by Gasteiger charge is -2.13. The summed E-state index contributed by atoms with van der Waals surface area (Å²) in [5.74, 6) is 0.902. The van der Waals surface area contributed by atoms with E-state index in [1.165, 1.54) is 74.7 Å². The Morgan fingerprint density at radius 3 is 2.69 bits per heavy atom. The van der Waals surface area contributed by atoms with Gasteiger partial charge in [0.05, 0.1) is 6.61 Å². The molecule has 2 aromatic carbocycles. The van der Waals surface area contributed by atoms with Crippen LogP contribution in [0.4, 0.5) is 0 Å². The highest BCUT2D eigenvalue weighted by Crippen LogP contribution is 2.21. The number of hydrogen-bond donors (Lipinski definition) is 1. The van der Waals surface area contributed by atoms with Gasteiger partial charge in [-0.05, 0) is 67.4 Å². The topological polar surface area (TPSA) is 21.3 Å². The van der Waals surface area contributed by atoms with E-state index in [9.17, 15) is 0 Å². The fourth-order valence-electron chi connectivity index (χ4n) is 3.81. The number of rotatable bonds is 9. The van der Waals surface area contributed by atoms with Crippen LogP contribution >= 0.6 is 0 Å². The molecule has 0 aromatic heterocycles. The van der Waals surface area contributed by atoms with Crippen LogP contribution in [-0.4, -0.2) is 19.7 Å². The van der Waals surface area contributed by atoms with Gasteiger partial charge >= 0.3 is 0 Å². The fourth-order valence-corrected chi connectivity index (χ4v) is 3.81. The predicted molar refractivity (Wildman–Crippen MR) is 110 cm³/mol. The Labute approximate surface area is 159 Å². The van der Waals surface area contributed by atoms with E-state index in [2.05, 4.69) is 59.9 Å². The molecule has 2 aromatic rings. The van der Waals surface area contributed by atoms with Crippen molar-refractivity contribution < 1.29 is 4.74 Å². The third kappa shape index (κ3) is 6.59. The summed E-state index contributed by atoms with van der Waals surface area (Å²) in [5, 5.41) is 3.57. The second-order valence-corrected chi connectivity index (χ2v) is 7.53. The Balaban J connectivity index is 1.30. The summed E-state index contributed by atoms with van der Waals surface area (Å²) in [6.45, 7) is 4.04. The first-order valence-corrected chi connectivity index (χ1v) is 10.3. The standard InChI is InChI=1S/C24H33NO/c1-4-13-23(14-5-1)24-15-9-12-22(18-24)20-26-17-8-2-3-10-21-11-6-7-16-25-19-21/h1,4-5,9,12-15,18,21,25H,2-3,6-8,10-11,16-17,19-20H2. The van der Waals surface area contributed by atoms with Gasteiger partial charge in [0, 0.05) is 6.61 Å². The molecule has 0 amide bonds. The highest BCUT2D eigenvalue weighted by Gasteiger charge is 2.10. The zero-order chi connectivity index (χ0) is 17.9. The molecule has 0 bridgehead atoms. The Hall–Kier alpha value is -1.64. The molecule has 0 saturated carbocycles. The highest BCUT2D eigenvalue weighted by atomic mass is 16.5. The van der Waals surface area contributed by atoms with Gasteiger partial charge in [0.2, 0.25) is 0 Å². The Bertz CT molecular complexity index is 617. The zero-order valence-corrected chi connectivity index (χ0v) is 16.0. The average Bonchev–Trinajstić information content (AvgIpc) is 2.97. The summed E-state index contributed by atoms with van der Waals surface area (Å²) in [6.07, 6.45) is 9.38. The highest BCUT2D eigenvalue weighted by molar-refractivity contribution is 5.63. The molecule has 2 heteroatoms. The van der Waals surface area contributed by atoms with Gasteiger partial charge < -0.3 is 10.1 Å². The van der Waals surface area contributed by atoms with Crippen molar-refractivity contribution in [2.45, 2.75) is 51.6 Å². The second-order valence-electron chi connectivity index (χ2n) is 7.53. The summed E-state index contributed by atoms with van der Waals surface area (Å²) >= 11 is 0. The lowest BCUT2D eigenvalue weighted by molar-refractivity contribution is 0.116. The van der Waals surface area contributed by atoms with Crippen LogP contribution in [0.5, 0.6) is 0 Å². The van der Waals surface area contributed by atoms with Crippen molar-refractivity contribution in [1.82, 2.24) is 5.32 Å². The smallest absolute Gasteiger partial charge is 0.0717 e. The van der Waals surface area contributed by atoms with Gasteiger partial charge in [-0.1, -0.05) is 67.8 Å². The molecule has 1 unspecified atom stereocenters. The van der Waals surface area contributed by atoms with Crippen molar-refractivity contribution in [3.63, 3.8) is 0 Å². The van der Waals surface area contributed by atoms with Crippen molar-refractivity contribution in [2.75, 3.05) is 19.7 Å². The monoisotopic (exact) mass is 351 g/mol. The van der Waals surface area contributed by atoms with Gasteiger partial charge in [-0.15, -0.1) is 0 Å². The van der Waals surface area contributed by atoms with Crippen LogP contribution in [0.15, 0.2) is 54.6 Å². The first-order valence-electron chi connectivity index (χ1n) is 10.3. The maximum absolute atomic E-state index is 5.91. The summed E-state index contributed by atoms with van der Waals surface area (Å²) in [4.78, 5) is 0. The summed E-state index contributed by atoms with van der Waals surface area (Å²) in [5.41, 5.74) is 3.79. The Morgan fingerprint density at radius 2 is 1.77 bits per heavy atom. The quantitative estimate of drug-likeness (QED) is 0.575. The molecule has 0 radical (unpaired) electrons. The molecule has 2 nitrogen and oxygen atoms in total. The lowest BCUT2D eigenvalue weighted by atomic mass is 9.96. The summed E-state index contributed by atoms with van der Waals surface area (Å²) in [6, 6.07) is 19.2. The Kier molecular flexibility index (Phi) is 8.21. The molecule has 26 heavy (non-hydrogen) atoms. The number of benzene rings is 2. The molecule has 1 fully saturated rings. The van der Waals surface area contributed by atoms with Crippen molar-refractivity contribution in [3.05, 3.63) is 60.2 Å². The molecule has 1 atom stereocenters. The van der Waals surface area contributed by atoms with Crippen molar-refractivity contribution >= 4 is 0 Å². The van der Waals surface area contributed by atoms with Gasteiger partial charge in [-0.2, -0.15) is 0 Å². The van der Waals surface area contributed by atoms with E-state index in [1.807, 2.05) is 0 Å². The van der Waals surface area contributed by atoms with Crippen LogP contribution in [0.3, 0.4) is 0 Å². The van der Waals surface area contributed by atoms with Crippen molar-refractivity contribution in [2.24, 2.45) is 5.92 Å². The van der Waals surface area contributed by atoms with E-state index in [1.54, 1.807) is 0 Å². The summed E-state index contributed by atoms with van der Waals surface area (Å²) < 4.78 is 5.91. The van der Waals surface area contributed by atoms with Gasteiger partial charge in [0.1, 0.15) is 0 Å². The summed E-state index contributed by atoms with van der Waals surface area (Å²) in [7, 11) is 0. The fraction of sp³-hybridized carbons (Fsp3) is 0.500. The molecular weight excluding hydrogens is 318 g/mol. The van der Waals surface area contributed by atoms with Crippen LogP contribution in [0.25, 0.3) is 11.1 Å². The molecule has 1 heterocycles. The van der Waals surface area contributed by atoms with E-state index in [4.69, 9.17) is 4.74 Å². The SMILES string of the molecule is c1ccc(-c2cccc(COCCCCCC3CCCCNC3)c2)cc1. The first kappa shape index (κ1) is 19.1. The van der Waals surface area contributed by atoms with Crippen molar-refractivity contribution in [3.8, 4) is 11.1 Å². The maximum Gasteiger partial charge on any atom is 0.0717 e.